The molecule has 1 N–H and O–H groups in total. The van der Waals surface area contributed by atoms with E-state index in [2.05, 4.69) is 5.32 Å². The van der Waals surface area contributed by atoms with Crippen molar-refractivity contribution in [2.45, 2.75) is 44.3 Å². The number of nitrogens with zero attached hydrogens (tertiary/aromatic N) is 1. The molecule has 160 valence electrons. The van der Waals surface area contributed by atoms with Crippen molar-refractivity contribution in [2.24, 2.45) is 0 Å². The fourth-order valence-corrected chi connectivity index (χ4v) is 4.17. The molecule has 2 amide bonds. The lowest BCUT2D eigenvalue weighted by molar-refractivity contribution is -0.140. The summed E-state index contributed by atoms with van der Waals surface area (Å²) in [6, 6.07) is 13.7. The first-order chi connectivity index (χ1) is 14.5. The van der Waals surface area contributed by atoms with Gasteiger partial charge in [0, 0.05) is 16.6 Å². The zero-order valence-electron chi connectivity index (χ0n) is 16.9. The number of methoxy groups -OCH3 is 1. The molecule has 3 rings (SSSR count). The van der Waals surface area contributed by atoms with Gasteiger partial charge in [0.1, 0.15) is 17.7 Å². The summed E-state index contributed by atoms with van der Waals surface area (Å²) in [6.45, 7) is 0.195. The molecule has 1 saturated carbocycles. The number of amides is 2. The molecule has 1 atom stereocenters. The van der Waals surface area contributed by atoms with E-state index in [1.165, 1.54) is 4.90 Å². The van der Waals surface area contributed by atoms with Crippen LogP contribution in [0.25, 0.3) is 0 Å². The zero-order valence-corrected chi connectivity index (χ0v) is 18.5. The summed E-state index contributed by atoms with van der Waals surface area (Å²) >= 11 is 12.0. The van der Waals surface area contributed by atoms with E-state index in [0.717, 1.165) is 31.2 Å². The number of halogens is 2. The number of hydrogen-bond acceptors (Lipinski definition) is 3. The lowest BCUT2D eigenvalue weighted by Crippen LogP contribution is -2.46. The molecule has 0 heterocycles. The molecular weight excluding hydrogens is 423 g/mol. The second-order valence-electron chi connectivity index (χ2n) is 7.41. The molecule has 0 radical (unpaired) electrons. The Balaban J connectivity index is 1.97. The molecule has 0 aromatic heterocycles. The molecule has 1 unspecified atom stereocenters. The van der Waals surface area contributed by atoms with E-state index in [4.69, 9.17) is 27.9 Å². The summed E-state index contributed by atoms with van der Waals surface area (Å²) in [5, 5.41) is 3.69. The maximum absolute atomic E-state index is 13.4. The summed E-state index contributed by atoms with van der Waals surface area (Å²) in [7, 11) is 1.58. The molecule has 2 aromatic rings. The van der Waals surface area contributed by atoms with Crippen LogP contribution in [-0.2, 0) is 16.1 Å². The Kier molecular flexibility index (Phi) is 8.00. The largest absolute Gasteiger partial charge is 0.496 e. The summed E-state index contributed by atoms with van der Waals surface area (Å²) in [5.41, 5.74) is 1.48. The van der Waals surface area contributed by atoms with Crippen molar-refractivity contribution >= 4 is 35.0 Å². The molecule has 1 aliphatic carbocycles. The predicted molar refractivity (Wildman–Crippen MR) is 119 cm³/mol. The Hall–Kier alpha value is -2.24. The van der Waals surface area contributed by atoms with Gasteiger partial charge in [0.05, 0.1) is 13.7 Å². The van der Waals surface area contributed by atoms with Crippen molar-refractivity contribution in [3.63, 3.8) is 0 Å². The van der Waals surface area contributed by atoms with Gasteiger partial charge in [-0.05, 0) is 36.6 Å². The first-order valence-corrected chi connectivity index (χ1v) is 11.0. The monoisotopic (exact) mass is 448 g/mol. The van der Waals surface area contributed by atoms with Crippen LogP contribution >= 0.6 is 23.2 Å². The van der Waals surface area contributed by atoms with Gasteiger partial charge >= 0.3 is 0 Å². The maximum Gasteiger partial charge on any atom is 0.247 e. The number of carbonyl (C=O) groups excluding carboxylic acids is 2. The van der Waals surface area contributed by atoms with Gasteiger partial charge in [-0.15, -0.1) is 11.6 Å². The van der Waals surface area contributed by atoms with Crippen molar-refractivity contribution < 1.29 is 14.3 Å². The van der Waals surface area contributed by atoms with Gasteiger partial charge in [0.2, 0.25) is 11.8 Å². The topological polar surface area (TPSA) is 58.6 Å². The van der Waals surface area contributed by atoms with Crippen LogP contribution in [0.2, 0.25) is 5.02 Å². The van der Waals surface area contributed by atoms with E-state index in [-0.39, 0.29) is 30.3 Å². The number of ether oxygens (including phenoxy) is 1. The van der Waals surface area contributed by atoms with Gasteiger partial charge in [0.15, 0.2) is 0 Å². The fourth-order valence-electron chi connectivity index (χ4n) is 3.89. The van der Waals surface area contributed by atoms with Crippen molar-refractivity contribution in [2.75, 3.05) is 13.0 Å². The summed E-state index contributed by atoms with van der Waals surface area (Å²) < 4.78 is 5.44. The number of para-hydroxylation sites is 1. The van der Waals surface area contributed by atoms with Gasteiger partial charge in [-0.25, -0.2) is 0 Å². The number of hydrogen-bond donors (Lipinski definition) is 1. The van der Waals surface area contributed by atoms with E-state index < -0.39 is 6.04 Å². The van der Waals surface area contributed by atoms with Crippen molar-refractivity contribution in [3.05, 3.63) is 64.7 Å². The first kappa shape index (κ1) is 22.4. The minimum Gasteiger partial charge on any atom is -0.496 e. The Morgan fingerprint density at radius 2 is 1.80 bits per heavy atom. The predicted octanol–water partition coefficient (Wildman–Crippen LogP) is 4.72. The quantitative estimate of drug-likeness (QED) is 0.594. The molecule has 7 heteroatoms. The van der Waals surface area contributed by atoms with Crippen LogP contribution in [0.4, 0.5) is 0 Å². The third-order valence-corrected chi connectivity index (χ3v) is 5.90. The van der Waals surface area contributed by atoms with Crippen LogP contribution in [0.3, 0.4) is 0 Å². The van der Waals surface area contributed by atoms with Gasteiger partial charge < -0.3 is 15.0 Å². The lowest BCUT2D eigenvalue weighted by Gasteiger charge is -2.32. The highest BCUT2D eigenvalue weighted by atomic mass is 35.5. The zero-order chi connectivity index (χ0) is 21.5. The van der Waals surface area contributed by atoms with E-state index in [1.807, 2.05) is 24.3 Å². The first-order valence-electron chi connectivity index (χ1n) is 10.1. The van der Waals surface area contributed by atoms with E-state index in [1.54, 1.807) is 31.4 Å². The minimum absolute atomic E-state index is 0.131. The van der Waals surface area contributed by atoms with E-state index in [0.29, 0.717) is 16.3 Å². The molecule has 5 nitrogen and oxygen atoms in total. The minimum atomic E-state index is -0.820. The molecule has 0 saturated heterocycles. The third-order valence-electron chi connectivity index (χ3n) is 5.42. The second-order valence-corrected chi connectivity index (χ2v) is 8.11. The molecular formula is C23H26Cl2N2O3. The van der Waals surface area contributed by atoms with Gasteiger partial charge in [-0.1, -0.05) is 54.8 Å². The summed E-state index contributed by atoms with van der Waals surface area (Å²) in [6.07, 6.45) is 4.11. The van der Waals surface area contributed by atoms with Crippen LogP contribution in [0, 0.1) is 0 Å². The average Bonchev–Trinajstić information content (AvgIpc) is 3.27. The average molecular weight is 449 g/mol. The number of nitrogens with one attached hydrogen (secondary N) is 1. The molecule has 2 aromatic carbocycles. The van der Waals surface area contributed by atoms with Crippen molar-refractivity contribution in [1.82, 2.24) is 10.2 Å². The van der Waals surface area contributed by atoms with Crippen LogP contribution in [0.15, 0.2) is 48.5 Å². The molecule has 0 bridgehead atoms. The number of carbonyl (C=O) groups is 2. The van der Waals surface area contributed by atoms with Gasteiger partial charge in [0.25, 0.3) is 0 Å². The Bertz CT molecular complexity index is 867. The Morgan fingerprint density at radius 1 is 1.13 bits per heavy atom. The highest BCUT2D eigenvalue weighted by Gasteiger charge is 2.33. The summed E-state index contributed by atoms with van der Waals surface area (Å²) in [4.78, 5) is 27.8. The number of rotatable bonds is 8. The van der Waals surface area contributed by atoms with Crippen LogP contribution in [0.5, 0.6) is 5.75 Å². The standard InChI is InChI=1S/C23H26Cl2N2O3/c1-30-20-9-5-2-6-17(20)15-27(21(28)14-24)22(16-10-12-18(25)13-11-16)23(29)26-19-7-3-4-8-19/h2,5-6,9-13,19,22H,3-4,7-8,14-15H2,1H3,(H,26,29). The summed E-state index contributed by atoms with van der Waals surface area (Å²) in [5.74, 6) is -0.117. The highest BCUT2D eigenvalue weighted by Crippen LogP contribution is 2.29. The smallest absolute Gasteiger partial charge is 0.247 e. The molecule has 1 aliphatic rings. The van der Waals surface area contributed by atoms with Gasteiger partial charge in [-0.3, -0.25) is 9.59 Å². The van der Waals surface area contributed by atoms with Crippen molar-refractivity contribution in [1.29, 1.82) is 0 Å². The van der Waals surface area contributed by atoms with E-state index in [9.17, 15) is 9.59 Å². The molecule has 1 fully saturated rings. The second kappa shape index (κ2) is 10.7. The van der Waals surface area contributed by atoms with Crippen LogP contribution in [-0.4, -0.2) is 35.7 Å². The maximum atomic E-state index is 13.4. The molecule has 0 aliphatic heterocycles. The SMILES string of the molecule is COc1ccccc1CN(C(=O)CCl)C(C(=O)NC1CCCC1)c1ccc(Cl)cc1. The number of alkyl halides is 1. The Labute approximate surface area is 187 Å². The number of benzene rings is 2. The van der Waals surface area contributed by atoms with Crippen LogP contribution in [0.1, 0.15) is 42.9 Å². The fraction of sp³-hybridized carbons (Fsp3) is 0.391. The normalized spacial score (nSPS) is 14.9. The molecule has 0 spiro atoms. The molecule has 30 heavy (non-hydrogen) atoms. The van der Waals surface area contributed by atoms with Gasteiger partial charge in [-0.2, -0.15) is 0 Å². The Morgan fingerprint density at radius 3 is 2.43 bits per heavy atom. The lowest BCUT2D eigenvalue weighted by atomic mass is 10.0. The van der Waals surface area contributed by atoms with Crippen molar-refractivity contribution in [3.8, 4) is 5.75 Å². The van der Waals surface area contributed by atoms with E-state index >= 15 is 0 Å². The highest BCUT2D eigenvalue weighted by molar-refractivity contribution is 6.30. The third kappa shape index (κ3) is 5.46. The van der Waals surface area contributed by atoms with Crippen LogP contribution < -0.4 is 10.1 Å².